The van der Waals surface area contributed by atoms with Crippen molar-refractivity contribution in [2.45, 2.75) is 45.6 Å². The standard InChI is InChI=1S/C25H30N2O3/c1-3-13-26-23(28)16-30-21-11-10-18-12-14-27(25(29)20-8-9-20)24(22(18)15-21)19-6-4-17(2)5-7-19/h4-7,10-11,15,20,24H,3,8-9,12-14,16H2,1-2H3,(H,26,28)/t24-/m0/s1. The molecule has 0 bridgehead atoms. The summed E-state index contributed by atoms with van der Waals surface area (Å²) in [6, 6.07) is 14.3. The van der Waals surface area contributed by atoms with Gasteiger partial charge in [0.2, 0.25) is 5.91 Å². The number of aryl methyl sites for hydroxylation is 1. The van der Waals surface area contributed by atoms with Crippen molar-refractivity contribution < 1.29 is 14.3 Å². The van der Waals surface area contributed by atoms with Crippen molar-refractivity contribution in [2.75, 3.05) is 19.7 Å². The minimum Gasteiger partial charge on any atom is -0.484 e. The van der Waals surface area contributed by atoms with E-state index in [4.69, 9.17) is 4.74 Å². The number of nitrogens with zero attached hydrogens (tertiary/aromatic N) is 1. The van der Waals surface area contributed by atoms with E-state index < -0.39 is 0 Å². The fraction of sp³-hybridized carbons (Fsp3) is 0.440. The van der Waals surface area contributed by atoms with E-state index in [0.29, 0.717) is 12.3 Å². The third kappa shape index (κ3) is 4.50. The molecule has 1 fully saturated rings. The highest BCUT2D eigenvalue weighted by molar-refractivity contribution is 5.82. The lowest BCUT2D eigenvalue weighted by molar-refractivity contribution is -0.134. The number of hydrogen-bond donors (Lipinski definition) is 1. The van der Waals surface area contributed by atoms with Gasteiger partial charge < -0.3 is 15.0 Å². The predicted molar refractivity (Wildman–Crippen MR) is 116 cm³/mol. The van der Waals surface area contributed by atoms with E-state index in [2.05, 4.69) is 42.6 Å². The molecule has 30 heavy (non-hydrogen) atoms. The molecule has 2 aromatic rings. The number of amides is 2. The second kappa shape index (κ2) is 8.90. The number of carbonyl (C=O) groups is 2. The van der Waals surface area contributed by atoms with E-state index in [0.717, 1.165) is 43.4 Å². The molecule has 1 atom stereocenters. The van der Waals surface area contributed by atoms with Crippen LogP contribution in [0.15, 0.2) is 42.5 Å². The summed E-state index contributed by atoms with van der Waals surface area (Å²) in [7, 11) is 0. The van der Waals surface area contributed by atoms with E-state index in [1.165, 1.54) is 11.1 Å². The number of fused-ring (bicyclic) bond motifs is 1. The van der Waals surface area contributed by atoms with Crippen LogP contribution in [0.3, 0.4) is 0 Å². The maximum absolute atomic E-state index is 13.1. The molecule has 0 radical (unpaired) electrons. The van der Waals surface area contributed by atoms with E-state index in [9.17, 15) is 9.59 Å². The lowest BCUT2D eigenvalue weighted by Crippen LogP contribution is -2.41. The molecule has 0 unspecified atom stereocenters. The summed E-state index contributed by atoms with van der Waals surface area (Å²) in [4.78, 5) is 27.0. The van der Waals surface area contributed by atoms with Crippen molar-refractivity contribution >= 4 is 11.8 Å². The summed E-state index contributed by atoms with van der Waals surface area (Å²) in [5, 5.41) is 2.83. The maximum Gasteiger partial charge on any atom is 0.257 e. The number of hydrogen-bond acceptors (Lipinski definition) is 3. The summed E-state index contributed by atoms with van der Waals surface area (Å²) in [6.45, 7) is 5.48. The summed E-state index contributed by atoms with van der Waals surface area (Å²) >= 11 is 0. The quantitative estimate of drug-likeness (QED) is 0.761. The zero-order valence-electron chi connectivity index (χ0n) is 17.8. The molecule has 2 aromatic carbocycles. The fourth-order valence-corrected chi connectivity index (χ4v) is 4.06. The van der Waals surface area contributed by atoms with Gasteiger partial charge in [0.15, 0.2) is 6.61 Å². The Morgan fingerprint density at radius 3 is 2.60 bits per heavy atom. The van der Waals surface area contributed by atoms with Gasteiger partial charge in [-0.05, 0) is 61.4 Å². The molecule has 1 heterocycles. The van der Waals surface area contributed by atoms with Gasteiger partial charge in [-0.1, -0.05) is 42.8 Å². The van der Waals surface area contributed by atoms with Crippen LogP contribution in [0.2, 0.25) is 0 Å². The number of rotatable bonds is 7. The molecule has 2 aliphatic rings. The van der Waals surface area contributed by atoms with Crippen LogP contribution in [0, 0.1) is 12.8 Å². The maximum atomic E-state index is 13.1. The number of nitrogens with one attached hydrogen (secondary N) is 1. The highest BCUT2D eigenvalue weighted by Crippen LogP contribution is 2.41. The second-order valence-electron chi connectivity index (χ2n) is 8.37. The van der Waals surface area contributed by atoms with Crippen molar-refractivity contribution in [1.82, 2.24) is 10.2 Å². The molecule has 4 rings (SSSR count). The monoisotopic (exact) mass is 406 g/mol. The third-order valence-corrected chi connectivity index (χ3v) is 5.89. The van der Waals surface area contributed by atoms with Crippen LogP contribution in [0.25, 0.3) is 0 Å². The molecule has 1 aliphatic heterocycles. The molecule has 158 valence electrons. The van der Waals surface area contributed by atoms with Crippen LogP contribution < -0.4 is 10.1 Å². The van der Waals surface area contributed by atoms with E-state index in [-0.39, 0.29) is 30.4 Å². The first-order valence-corrected chi connectivity index (χ1v) is 11.0. The van der Waals surface area contributed by atoms with Gasteiger partial charge in [-0.3, -0.25) is 9.59 Å². The van der Waals surface area contributed by atoms with Crippen molar-refractivity contribution in [1.29, 1.82) is 0 Å². The topological polar surface area (TPSA) is 58.6 Å². The Bertz CT molecular complexity index is 918. The summed E-state index contributed by atoms with van der Waals surface area (Å²) in [5.41, 5.74) is 4.66. The molecule has 1 saturated carbocycles. The molecule has 1 N–H and O–H groups in total. The lowest BCUT2D eigenvalue weighted by Gasteiger charge is -2.38. The Morgan fingerprint density at radius 2 is 1.90 bits per heavy atom. The largest absolute Gasteiger partial charge is 0.484 e. The van der Waals surface area contributed by atoms with Crippen LogP contribution >= 0.6 is 0 Å². The minimum absolute atomic E-state index is 0.00129. The summed E-state index contributed by atoms with van der Waals surface area (Å²) < 4.78 is 5.77. The Morgan fingerprint density at radius 1 is 1.13 bits per heavy atom. The van der Waals surface area contributed by atoms with Crippen LogP contribution in [0.4, 0.5) is 0 Å². The Hall–Kier alpha value is -2.82. The molecule has 0 spiro atoms. The molecule has 0 saturated heterocycles. The van der Waals surface area contributed by atoms with Crippen molar-refractivity contribution in [2.24, 2.45) is 5.92 Å². The van der Waals surface area contributed by atoms with Crippen molar-refractivity contribution in [3.63, 3.8) is 0 Å². The second-order valence-corrected chi connectivity index (χ2v) is 8.37. The molecule has 5 nitrogen and oxygen atoms in total. The highest BCUT2D eigenvalue weighted by atomic mass is 16.5. The predicted octanol–water partition coefficient (Wildman–Crippen LogP) is 3.78. The number of benzene rings is 2. The zero-order valence-corrected chi connectivity index (χ0v) is 17.8. The molecule has 2 amide bonds. The van der Waals surface area contributed by atoms with Crippen LogP contribution in [0.1, 0.15) is 54.5 Å². The fourth-order valence-electron chi connectivity index (χ4n) is 4.06. The molecule has 1 aliphatic carbocycles. The molecule has 5 heteroatoms. The summed E-state index contributed by atoms with van der Waals surface area (Å²) in [5.74, 6) is 0.992. The third-order valence-electron chi connectivity index (χ3n) is 5.89. The zero-order chi connectivity index (χ0) is 21.1. The Balaban J connectivity index is 1.62. The average Bonchev–Trinajstić information content (AvgIpc) is 3.61. The first-order valence-electron chi connectivity index (χ1n) is 11.0. The first kappa shape index (κ1) is 20.5. The van der Waals surface area contributed by atoms with E-state index >= 15 is 0 Å². The Labute approximate surface area is 178 Å². The van der Waals surface area contributed by atoms with E-state index in [1.54, 1.807) is 0 Å². The SMILES string of the molecule is CCCNC(=O)COc1ccc2c(c1)[C@H](c1ccc(C)cc1)N(C(=O)C1CC1)CC2. The minimum atomic E-state index is -0.116. The molecular formula is C25H30N2O3. The number of ether oxygens (including phenoxy) is 1. The highest BCUT2D eigenvalue weighted by Gasteiger charge is 2.39. The smallest absolute Gasteiger partial charge is 0.257 e. The van der Waals surface area contributed by atoms with Crippen molar-refractivity contribution in [3.05, 3.63) is 64.7 Å². The molecular weight excluding hydrogens is 376 g/mol. The van der Waals surface area contributed by atoms with Gasteiger partial charge in [0.05, 0.1) is 6.04 Å². The lowest BCUT2D eigenvalue weighted by atomic mass is 9.87. The van der Waals surface area contributed by atoms with Crippen LogP contribution in [-0.2, 0) is 16.0 Å². The van der Waals surface area contributed by atoms with Gasteiger partial charge in [0.1, 0.15) is 5.75 Å². The van der Waals surface area contributed by atoms with Crippen molar-refractivity contribution in [3.8, 4) is 5.75 Å². The van der Waals surface area contributed by atoms with Gasteiger partial charge >= 0.3 is 0 Å². The molecule has 0 aromatic heterocycles. The average molecular weight is 407 g/mol. The first-order chi connectivity index (χ1) is 14.6. The summed E-state index contributed by atoms with van der Waals surface area (Å²) in [6.07, 6.45) is 3.73. The van der Waals surface area contributed by atoms with Gasteiger partial charge in [0.25, 0.3) is 5.91 Å². The van der Waals surface area contributed by atoms with Gasteiger partial charge in [0, 0.05) is 19.0 Å². The van der Waals surface area contributed by atoms with Gasteiger partial charge in [-0.25, -0.2) is 0 Å². The normalized spacial score (nSPS) is 17.9. The van der Waals surface area contributed by atoms with E-state index in [1.807, 2.05) is 24.0 Å². The number of carbonyl (C=O) groups excluding carboxylic acids is 2. The van der Waals surface area contributed by atoms with Gasteiger partial charge in [-0.15, -0.1) is 0 Å². The Kier molecular flexibility index (Phi) is 6.07. The van der Waals surface area contributed by atoms with Crippen LogP contribution in [0.5, 0.6) is 5.75 Å². The van der Waals surface area contributed by atoms with Gasteiger partial charge in [-0.2, -0.15) is 0 Å². The van der Waals surface area contributed by atoms with Crippen LogP contribution in [-0.4, -0.2) is 36.4 Å².